The molecular formula is C18H19N3O3. The number of likely N-dealkylation sites (N-methyl/N-ethyl adjacent to an activating group) is 1. The summed E-state index contributed by atoms with van der Waals surface area (Å²) in [5.74, 6) is -0.224. The minimum Gasteiger partial charge on any atom is -0.320 e. The maximum absolute atomic E-state index is 12.5. The van der Waals surface area contributed by atoms with Gasteiger partial charge >= 0.3 is 0 Å². The van der Waals surface area contributed by atoms with Gasteiger partial charge in [0.2, 0.25) is 5.91 Å². The first-order valence-electron chi connectivity index (χ1n) is 7.87. The van der Waals surface area contributed by atoms with E-state index < -0.39 is 4.92 Å². The number of anilines is 1. The highest BCUT2D eigenvalue weighted by Gasteiger charge is 2.27. The number of rotatable bonds is 4. The van der Waals surface area contributed by atoms with Gasteiger partial charge in [0.25, 0.3) is 5.69 Å². The molecule has 0 radical (unpaired) electrons. The summed E-state index contributed by atoms with van der Waals surface area (Å²) in [6.07, 6.45) is 1.23. The van der Waals surface area contributed by atoms with Crippen molar-refractivity contribution in [2.45, 2.75) is 18.9 Å². The van der Waals surface area contributed by atoms with Gasteiger partial charge in [0.05, 0.1) is 4.92 Å². The van der Waals surface area contributed by atoms with Crippen LogP contribution in [0.4, 0.5) is 11.4 Å². The monoisotopic (exact) mass is 325 g/mol. The van der Waals surface area contributed by atoms with Crippen molar-refractivity contribution in [1.82, 2.24) is 4.90 Å². The van der Waals surface area contributed by atoms with Crippen LogP contribution in [0.2, 0.25) is 0 Å². The molecule has 0 fully saturated rings. The Morgan fingerprint density at radius 3 is 2.75 bits per heavy atom. The van der Waals surface area contributed by atoms with Crippen LogP contribution in [0.1, 0.15) is 23.6 Å². The molecule has 0 saturated carbocycles. The second kappa shape index (κ2) is 6.80. The van der Waals surface area contributed by atoms with E-state index in [-0.39, 0.29) is 29.7 Å². The third kappa shape index (κ3) is 3.28. The van der Waals surface area contributed by atoms with E-state index in [9.17, 15) is 14.9 Å². The fourth-order valence-corrected chi connectivity index (χ4v) is 3.16. The fourth-order valence-electron chi connectivity index (χ4n) is 3.16. The molecule has 0 bridgehead atoms. The normalized spacial score (nSPS) is 17.1. The molecule has 0 aromatic heterocycles. The molecular weight excluding hydrogens is 306 g/mol. The first-order chi connectivity index (χ1) is 11.6. The number of nitrogens with zero attached hydrogens (tertiary/aromatic N) is 2. The van der Waals surface area contributed by atoms with Gasteiger partial charge in [-0.2, -0.15) is 0 Å². The van der Waals surface area contributed by atoms with Gasteiger partial charge in [0.1, 0.15) is 5.69 Å². The smallest absolute Gasteiger partial charge is 0.292 e. The van der Waals surface area contributed by atoms with E-state index in [2.05, 4.69) is 16.3 Å². The van der Waals surface area contributed by atoms with Gasteiger partial charge in [-0.05, 0) is 30.7 Å². The predicted octanol–water partition coefficient (Wildman–Crippen LogP) is 3.15. The molecule has 2 aromatic carbocycles. The number of nitrogens with one attached hydrogen (secondary N) is 1. The highest BCUT2D eigenvalue weighted by atomic mass is 16.6. The van der Waals surface area contributed by atoms with Crippen molar-refractivity contribution >= 4 is 17.3 Å². The SMILES string of the molecule is CN1CCc2ccccc2C1CC(=O)Nc1ccccc1[N+](=O)[O-]. The highest BCUT2D eigenvalue weighted by molar-refractivity contribution is 5.93. The van der Waals surface area contributed by atoms with Gasteiger partial charge in [-0.15, -0.1) is 0 Å². The zero-order chi connectivity index (χ0) is 17.1. The Kier molecular flexibility index (Phi) is 4.57. The van der Waals surface area contributed by atoms with Crippen LogP contribution >= 0.6 is 0 Å². The molecule has 1 aliphatic rings. The Hall–Kier alpha value is -2.73. The van der Waals surface area contributed by atoms with Crippen LogP contribution in [-0.4, -0.2) is 29.3 Å². The number of carbonyl (C=O) groups excluding carboxylic acids is 1. The lowest BCUT2D eigenvalue weighted by Gasteiger charge is -2.34. The third-order valence-corrected chi connectivity index (χ3v) is 4.43. The van der Waals surface area contributed by atoms with Gasteiger partial charge < -0.3 is 5.32 Å². The van der Waals surface area contributed by atoms with Crippen LogP contribution in [0.15, 0.2) is 48.5 Å². The Morgan fingerprint density at radius 2 is 1.96 bits per heavy atom. The standard InChI is InChI=1S/C18H19N3O3/c1-20-11-10-13-6-2-3-7-14(13)17(20)12-18(22)19-15-8-4-5-9-16(15)21(23)24/h2-9,17H,10-12H2,1H3,(H,19,22). The van der Waals surface area contributed by atoms with Crippen LogP contribution in [0, 0.1) is 10.1 Å². The Bertz CT molecular complexity index is 776. The van der Waals surface area contributed by atoms with Crippen LogP contribution in [0.3, 0.4) is 0 Å². The molecule has 1 aliphatic heterocycles. The van der Waals surface area contributed by atoms with Crippen LogP contribution in [-0.2, 0) is 11.2 Å². The summed E-state index contributed by atoms with van der Waals surface area (Å²) in [7, 11) is 2.00. The topological polar surface area (TPSA) is 75.5 Å². The van der Waals surface area contributed by atoms with E-state index in [1.54, 1.807) is 18.2 Å². The van der Waals surface area contributed by atoms with E-state index in [0.717, 1.165) is 18.5 Å². The van der Waals surface area contributed by atoms with Crippen molar-refractivity contribution in [1.29, 1.82) is 0 Å². The minimum atomic E-state index is -0.488. The minimum absolute atomic E-state index is 0.0160. The zero-order valence-electron chi connectivity index (χ0n) is 13.4. The summed E-state index contributed by atoms with van der Waals surface area (Å²) < 4.78 is 0. The number of nitro benzene ring substituents is 1. The summed E-state index contributed by atoms with van der Waals surface area (Å²) in [4.78, 5) is 25.2. The molecule has 2 aromatic rings. The van der Waals surface area contributed by atoms with Crippen molar-refractivity contribution < 1.29 is 9.72 Å². The molecule has 0 saturated heterocycles. The lowest BCUT2D eigenvalue weighted by molar-refractivity contribution is -0.383. The molecule has 1 amide bonds. The first-order valence-corrected chi connectivity index (χ1v) is 7.87. The van der Waals surface area contributed by atoms with Gasteiger partial charge in [0, 0.05) is 25.1 Å². The highest BCUT2D eigenvalue weighted by Crippen LogP contribution is 2.32. The number of amides is 1. The molecule has 3 rings (SSSR count). The van der Waals surface area contributed by atoms with E-state index in [4.69, 9.17) is 0 Å². The molecule has 1 N–H and O–H groups in total. The van der Waals surface area contributed by atoms with Gasteiger partial charge in [0.15, 0.2) is 0 Å². The summed E-state index contributed by atoms with van der Waals surface area (Å²) >= 11 is 0. The molecule has 124 valence electrons. The van der Waals surface area contributed by atoms with E-state index in [1.165, 1.54) is 11.6 Å². The van der Waals surface area contributed by atoms with Crippen LogP contribution in [0.25, 0.3) is 0 Å². The summed E-state index contributed by atoms with van der Waals surface area (Å²) in [5, 5.41) is 13.7. The molecule has 24 heavy (non-hydrogen) atoms. The number of fused-ring (bicyclic) bond motifs is 1. The lowest BCUT2D eigenvalue weighted by Crippen LogP contribution is -2.34. The molecule has 1 atom stereocenters. The van der Waals surface area contributed by atoms with Crippen molar-refractivity contribution in [2.75, 3.05) is 18.9 Å². The number of hydrogen-bond acceptors (Lipinski definition) is 4. The molecule has 1 unspecified atom stereocenters. The summed E-state index contributed by atoms with van der Waals surface area (Å²) in [5.41, 5.74) is 2.56. The molecule has 1 heterocycles. The molecule has 0 aliphatic carbocycles. The van der Waals surface area contributed by atoms with Gasteiger partial charge in [-0.25, -0.2) is 0 Å². The number of benzene rings is 2. The van der Waals surface area contributed by atoms with E-state index in [0.29, 0.717) is 0 Å². The average Bonchev–Trinajstić information content (AvgIpc) is 2.58. The molecule has 6 nitrogen and oxygen atoms in total. The van der Waals surface area contributed by atoms with E-state index in [1.807, 2.05) is 25.2 Å². The molecule has 6 heteroatoms. The van der Waals surface area contributed by atoms with Crippen molar-refractivity contribution in [3.05, 3.63) is 69.8 Å². The van der Waals surface area contributed by atoms with Crippen molar-refractivity contribution in [3.63, 3.8) is 0 Å². The number of nitro groups is 1. The second-order valence-corrected chi connectivity index (χ2v) is 5.97. The fraction of sp³-hybridized carbons (Fsp3) is 0.278. The quantitative estimate of drug-likeness (QED) is 0.692. The Balaban J connectivity index is 1.77. The lowest BCUT2D eigenvalue weighted by atomic mass is 9.91. The Morgan fingerprint density at radius 1 is 1.25 bits per heavy atom. The number of para-hydroxylation sites is 2. The van der Waals surface area contributed by atoms with Gasteiger partial charge in [-0.3, -0.25) is 19.8 Å². The average molecular weight is 325 g/mol. The van der Waals surface area contributed by atoms with Crippen LogP contribution in [0.5, 0.6) is 0 Å². The van der Waals surface area contributed by atoms with E-state index >= 15 is 0 Å². The Labute approximate surface area is 140 Å². The maximum Gasteiger partial charge on any atom is 0.292 e. The second-order valence-electron chi connectivity index (χ2n) is 5.97. The zero-order valence-corrected chi connectivity index (χ0v) is 13.4. The predicted molar refractivity (Wildman–Crippen MR) is 91.9 cm³/mol. The largest absolute Gasteiger partial charge is 0.320 e. The summed E-state index contributed by atoms with van der Waals surface area (Å²) in [6, 6.07) is 14.3. The van der Waals surface area contributed by atoms with Gasteiger partial charge in [-0.1, -0.05) is 36.4 Å². The summed E-state index contributed by atoms with van der Waals surface area (Å²) in [6.45, 7) is 0.889. The number of hydrogen-bond donors (Lipinski definition) is 1. The maximum atomic E-state index is 12.5. The third-order valence-electron chi connectivity index (χ3n) is 4.43. The molecule has 0 spiro atoms. The van der Waals surface area contributed by atoms with Crippen molar-refractivity contribution in [2.24, 2.45) is 0 Å². The number of carbonyl (C=O) groups is 1. The first kappa shape index (κ1) is 16.1. The van der Waals surface area contributed by atoms with Crippen LogP contribution < -0.4 is 5.32 Å². The van der Waals surface area contributed by atoms with Crippen molar-refractivity contribution in [3.8, 4) is 0 Å².